The second kappa shape index (κ2) is 5.60. The van der Waals surface area contributed by atoms with Crippen molar-refractivity contribution in [3.05, 3.63) is 27.7 Å². The molecule has 16 heavy (non-hydrogen) atoms. The molecule has 1 aliphatic rings. The summed E-state index contributed by atoms with van der Waals surface area (Å²) in [4.78, 5) is 5.64. The third kappa shape index (κ3) is 2.92. The van der Waals surface area contributed by atoms with Crippen molar-refractivity contribution in [2.45, 2.75) is 52.1 Å². The second-order valence-corrected chi connectivity index (χ2v) is 5.43. The van der Waals surface area contributed by atoms with Crippen LogP contribution in [0.1, 0.15) is 43.2 Å². The monoisotopic (exact) mass is 236 g/mol. The van der Waals surface area contributed by atoms with Crippen molar-refractivity contribution in [1.29, 1.82) is 0 Å². The number of nitrogens with zero attached hydrogens (tertiary/aromatic N) is 1. The molecule has 0 fully saturated rings. The van der Waals surface area contributed by atoms with E-state index in [1.54, 1.807) is 16.9 Å². The van der Waals surface area contributed by atoms with Gasteiger partial charge in [0, 0.05) is 17.5 Å². The van der Waals surface area contributed by atoms with Crippen LogP contribution in [0.2, 0.25) is 0 Å². The molecule has 1 heterocycles. The Hall–Kier alpha value is -0.670. The lowest BCUT2D eigenvalue weighted by molar-refractivity contribution is 0.561. The zero-order valence-electron chi connectivity index (χ0n) is 10.1. The summed E-state index contributed by atoms with van der Waals surface area (Å²) in [7, 11) is 0. The molecule has 0 spiro atoms. The van der Waals surface area contributed by atoms with Crippen molar-refractivity contribution in [1.82, 2.24) is 10.3 Å². The van der Waals surface area contributed by atoms with E-state index in [0.717, 1.165) is 6.54 Å². The molecule has 1 aliphatic carbocycles. The van der Waals surface area contributed by atoms with Gasteiger partial charge in [-0.15, -0.1) is 11.3 Å². The smallest absolute Gasteiger partial charge is 0.0798 e. The van der Waals surface area contributed by atoms with Crippen LogP contribution in [-0.4, -0.2) is 11.0 Å². The third-order valence-corrected chi connectivity index (χ3v) is 4.23. The first kappa shape index (κ1) is 11.8. The van der Waals surface area contributed by atoms with Crippen LogP contribution >= 0.6 is 11.3 Å². The average Bonchev–Trinajstić information content (AvgIpc) is 2.73. The predicted molar refractivity (Wildman–Crippen MR) is 69.7 cm³/mol. The van der Waals surface area contributed by atoms with E-state index >= 15 is 0 Å². The zero-order valence-corrected chi connectivity index (χ0v) is 10.9. The Morgan fingerprint density at radius 3 is 3.00 bits per heavy atom. The Morgan fingerprint density at radius 2 is 2.38 bits per heavy atom. The van der Waals surface area contributed by atoms with Crippen LogP contribution in [0.25, 0.3) is 0 Å². The maximum absolute atomic E-state index is 4.27. The van der Waals surface area contributed by atoms with Crippen LogP contribution in [0.3, 0.4) is 0 Å². The van der Waals surface area contributed by atoms with Crippen molar-refractivity contribution in [3.8, 4) is 0 Å². The van der Waals surface area contributed by atoms with E-state index in [0.29, 0.717) is 6.04 Å². The Morgan fingerprint density at radius 1 is 1.50 bits per heavy atom. The SMILES string of the molecule is Cc1ncsc1CN[C@@H](C)C1=CCCCC1. The summed E-state index contributed by atoms with van der Waals surface area (Å²) >= 11 is 1.75. The van der Waals surface area contributed by atoms with Gasteiger partial charge in [0.1, 0.15) is 0 Å². The highest BCUT2D eigenvalue weighted by Crippen LogP contribution is 2.20. The fourth-order valence-electron chi connectivity index (χ4n) is 2.13. The molecule has 1 aromatic rings. The molecule has 3 heteroatoms. The van der Waals surface area contributed by atoms with Gasteiger partial charge in [0.05, 0.1) is 11.2 Å². The molecule has 0 bridgehead atoms. The Kier molecular flexibility index (Phi) is 4.13. The van der Waals surface area contributed by atoms with Gasteiger partial charge >= 0.3 is 0 Å². The fraction of sp³-hybridized carbons (Fsp3) is 0.615. The van der Waals surface area contributed by atoms with E-state index in [1.165, 1.54) is 36.3 Å². The summed E-state index contributed by atoms with van der Waals surface area (Å²) in [5.74, 6) is 0. The van der Waals surface area contributed by atoms with Crippen LogP contribution in [0.15, 0.2) is 17.2 Å². The summed E-state index contributed by atoms with van der Waals surface area (Å²) in [6, 6.07) is 0.516. The van der Waals surface area contributed by atoms with E-state index < -0.39 is 0 Å². The van der Waals surface area contributed by atoms with Crippen LogP contribution in [0.4, 0.5) is 0 Å². The molecule has 0 aliphatic heterocycles. The highest BCUT2D eigenvalue weighted by Gasteiger charge is 2.11. The fourth-order valence-corrected chi connectivity index (χ4v) is 2.86. The van der Waals surface area contributed by atoms with Gasteiger partial charge in [-0.25, -0.2) is 4.98 Å². The lowest BCUT2D eigenvalue weighted by Gasteiger charge is -2.20. The van der Waals surface area contributed by atoms with Crippen molar-refractivity contribution in [2.75, 3.05) is 0 Å². The summed E-state index contributed by atoms with van der Waals surface area (Å²) < 4.78 is 0. The minimum atomic E-state index is 0.516. The molecule has 1 N–H and O–H groups in total. The van der Waals surface area contributed by atoms with Crippen molar-refractivity contribution in [2.24, 2.45) is 0 Å². The van der Waals surface area contributed by atoms with Gasteiger partial charge in [-0.2, -0.15) is 0 Å². The van der Waals surface area contributed by atoms with Gasteiger partial charge in [-0.05, 0) is 39.5 Å². The lowest BCUT2D eigenvalue weighted by atomic mass is 9.95. The van der Waals surface area contributed by atoms with Crippen LogP contribution in [-0.2, 0) is 6.54 Å². The van der Waals surface area contributed by atoms with Crippen LogP contribution in [0, 0.1) is 6.92 Å². The summed E-state index contributed by atoms with van der Waals surface area (Å²) in [6.07, 6.45) is 7.68. The largest absolute Gasteiger partial charge is 0.306 e. The van der Waals surface area contributed by atoms with Gasteiger partial charge in [0.2, 0.25) is 0 Å². The molecule has 0 amide bonds. The van der Waals surface area contributed by atoms with E-state index in [4.69, 9.17) is 0 Å². The Balaban J connectivity index is 1.86. The van der Waals surface area contributed by atoms with Crippen molar-refractivity contribution < 1.29 is 0 Å². The second-order valence-electron chi connectivity index (χ2n) is 4.49. The van der Waals surface area contributed by atoms with Crippen molar-refractivity contribution >= 4 is 11.3 Å². The quantitative estimate of drug-likeness (QED) is 0.810. The number of nitrogens with one attached hydrogen (secondary N) is 1. The molecule has 2 nitrogen and oxygen atoms in total. The zero-order chi connectivity index (χ0) is 11.4. The van der Waals surface area contributed by atoms with E-state index in [1.807, 2.05) is 5.51 Å². The molecule has 1 aromatic heterocycles. The van der Waals surface area contributed by atoms with Crippen molar-refractivity contribution in [3.63, 3.8) is 0 Å². The highest BCUT2D eigenvalue weighted by molar-refractivity contribution is 7.09. The van der Waals surface area contributed by atoms with Gasteiger partial charge < -0.3 is 5.32 Å². The molecule has 0 saturated carbocycles. The van der Waals surface area contributed by atoms with E-state index in [-0.39, 0.29) is 0 Å². The first-order chi connectivity index (χ1) is 7.77. The van der Waals surface area contributed by atoms with Gasteiger partial charge in [-0.3, -0.25) is 0 Å². The summed E-state index contributed by atoms with van der Waals surface area (Å²) in [5, 5.41) is 3.60. The molecular formula is C13H20N2S. The number of rotatable bonds is 4. The summed E-state index contributed by atoms with van der Waals surface area (Å²) in [5.41, 5.74) is 4.69. The Bertz CT molecular complexity index is 368. The molecule has 0 unspecified atom stereocenters. The molecule has 2 rings (SSSR count). The Labute approximate surface area is 102 Å². The topological polar surface area (TPSA) is 24.9 Å². The maximum atomic E-state index is 4.27. The minimum absolute atomic E-state index is 0.516. The molecule has 88 valence electrons. The average molecular weight is 236 g/mol. The molecule has 0 radical (unpaired) electrons. The summed E-state index contributed by atoms with van der Waals surface area (Å²) in [6.45, 7) is 5.31. The molecule has 0 saturated heterocycles. The number of hydrogen-bond acceptors (Lipinski definition) is 3. The van der Waals surface area contributed by atoms with E-state index in [9.17, 15) is 0 Å². The minimum Gasteiger partial charge on any atom is -0.306 e. The van der Waals surface area contributed by atoms with Gasteiger partial charge in [0.25, 0.3) is 0 Å². The first-order valence-electron chi connectivity index (χ1n) is 6.08. The maximum Gasteiger partial charge on any atom is 0.0798 e. The molecule has 0 aromatic carbocycles. The normalized spacial score (nSPS) is 18.2. The van der Waals surface area contributed by atoms with Crippen LogP contribution < -0.4 is 5.32 Å². The van der Waals surface area contributed by atoms with Gasteiger partial charge in [0.15, 0.2) is 0 Å². The highest BCUT2D eigenvalue weighted by atomic mass is 32.1. The number of hydrogen-bond donors (Lipinski definition) is 1. The van der Waals surface area contributed by atoms with E-state index in [2.05, 4.69) is 30.2 Å². The lowest BCUT2D eigenvalue weighted by Crippen LogP contribution is -2.28. The number of aromatic nitrogens is 1. The number of thiazole rings is 1. The number of allylic oxidation sites excluding steroid dienone is 1. The van der Waals surface area contributed by atoms with Crippen LogP contribution in [0.5, 0.6) is 0 Å². The molecular weight excluding hydrogens is 216 g/mol. The third-order valence-electron chi connectivity index (χ3n) is 3.30. The first-order valence-corrected chi connectivity index (χ1v) is 6.96. The predicted octanol–water partition coefficient (Wildman–Crippen LogP) is 3.43. The van der Waals surface area contributed by atoms with Gasteiger partial charge in [-0.1, -0.05) is 11.6 Å². The standard InChI is InChI=1S/C13H20N2S/c1-10(12-6-4-3-5-7-12)14-8-13-11(2)15-9-16-13/h6,9-10,14H,3-5,7-8H2,1-2H3/t10-/m0/s1. The number of aryl methyl sites for hydroxylation is 1. The molecule has 1 atom stereocenters.